The van der Waals surface area contributed by atoms with Gasteiger partial charge in [-0.05, 0) is 6.42 Å². The summed E-state index contributed by atoms with van der Waals surface area (Å²) >= 11 is 1.44. The van der Waals surface area contributed by atoms with Crippen LogP contribution in [-0.4, -0.2) is 14.1 Å². The lowest BCUT2D eigenvalue weighted by atomic mass is 10.5. The number of nitrogen functional groups attached to an aromatic ring is 1. The van der Waals surface area contributed by atoms with Gasteiger partial charge in [0.25, 0.3) is 0 Å². The molecule has 0 atom stereocenters. The predicted molar refractivity (Wildman–Crippen MR) is 68.0 cm³/mol. The van der Waals surface area contributed by atoms with Crippen molar-refractivity contribution in [3.05, 3.63) is 34.0 Å². The predicted octanol–water partition coefficient (Wildman–Crippen LogP) is 0.850. The first-order chi connectivity index (χ1) is 8.24. The number of nitrogens with two attached hydrogens (primary N) is 1. The third-order valence-electron chi connectivity index (χ3n) is 2.39. The van der Waals surface area contributed by atoms with Crippen LogP contribution in [0.25, 0.3) is 0 Å². The molecular formula is C10H15N5OS. The summed E-state index contributed by atoms with van der Waals surface area (Å²) in [5, 5.41) is 0.654. The molecule has 2 aromatic heterocycles. The van der Waals surface area contributed by atoms with E-state index < -0.39 is 0 Å². The topological polar surface area (TPSA) is 77.9 Å². The quantitative estimate of drug-likeness (QED) is 0.611. The number of nitrogens with one attached hydrogen (secondary N) is 1. The molecule has 0 radical (unpaired) electrons. The molecule has 0 aliphatic heterocycles. The Morgan fingerprint density at radius 1 is 1.47 bits per heavy atom. The van der Waals surface area contributed by atoms with Crippen LogP contribution in [0.2, 0.25) is 0 Å². The summed E-state index contributed by atoms with van der Waals surface area (Å²) in [6.45, 7) is 3.34. The van der Waals surface area contributed by atoms with Crippen molar-refractivity contribution < 1.29 is 0 Å². The minimum atomic E-state index is 0.0162. The van der Waals surface area contributed by atoms with Gasteiger partial charge in [-0.15, -0.1) is 0 Å². The molecule has 6 nitrogen and oxygen atoms in total. The van der Waals surface area contributed by atoms with Gasteiger partial charge in [0.1, 0.15) is 0 Å². The van der Waals surface area contributed by atoms with E-state index in [9.17, 15) is 4.79 Å². The van der Waals surface area contributed by atoms with Crippen molar-refractivity contribution >= 4 is 16.5 Å². The van der Waals surface area contributed by atoms with Crippen LogP contribution in [0, 0.1) is 0 Å². The minimum absolute atomic E-state index is 0.0162. The average Bonchev–Trinajstić information content (AvgIpc) is 2.91. The Hall–Kier alpha value is -1.60. The largest absolute Gasteiger partial charge is 0.328 e. The molecule has 0 saturated heterocycles. The molecule has 0 spiro atoms. The van der Waals surface area contributed by atoms with E-state index >= 15 is 0 Å². The monoisotopic (exact) mass is 253 g/mol. The molecule has 17 heavy (non-hydrogen) atoms. The molecule has 0 amide bonds. The van der Waals surface area contributed by atoms with Gasteiger partial charge in [0, 0.05) is 30.0 Å². The highest BCUT2D eigenvalue weighted by Crippen LogP contribution is 2.17. The highest BCUT2D eigenvalue weighted by molar-refractivity contribution is 7.15. The summed E-state index contributed by atoms with van der Waals surface area (Å²) in [5.74, 6) is 5.26. The third-order valence-corrected chi connectivity index (χ3v) is 3.30. The molecule has 2 heterocycles. The molecule has 0 aromatic carbocycles. The maximum atomic E-state index is 11.9. The molecular weight excluding hydrogens is 238 g/mol. The third kappa shape index (κ3) is 2.56. The normalized spacial score (nSPS) is 10.7. The summed E-state index contributed by atoms with van der Waals surface area (Å²) in [6, 6.07) is 0. The Morgan fingerprint density at radius 2 is 2.24 bits per heavy atom. The number of hydrazine groups is 1. The second kappa shape index (κ2) is 5.15. The molecule has 0 unspecified atom stereocenters. The van der Waals surface area contributed by atoms with Crippen LogP contribution in [0.1, 0.15) is 18.2 Å². The lowest BCUT2D eigenvalue weighted by Crippen LogP contribution is -2.24. The Bertz CT molecular complexity index is 541. The number of thiazole rings is 1. The Balaban J connectivity index is 2.16. The number of hydrogen-bond donors (Lipinski definition) is 2. The molecule has 0 saturated carbocycles. The highest BCUT2D eigenvalue weighted by atomic mass is 32.1. The first-order valence-corrected chi connectivity index (χ1v) is 6.23. The van der Waals surface area contributed by atoms with E-state index in [2.05, 4.69) is 10.4 Å². The molecule has 3 N–H and O–H groups in total. The van der Waals surface area contributed by atoms with Gasteiger partial charge in [-0.3, -0.25) is 14.6 Å². The van der Waals surface area contributed by atoms with Gasteiger partial charge in [0.05, 0.1) is 6.54 Å². The molecule has 2 aromatic rings. The number of aryl methyl sites for hydroxylation is 1. The van der Waals surface area contributed by atoms with Crippen LogP contribution in [0.4, 0.5) is 5.13 Å². The Morgan fingerprint density at radius 3 is 2.88 bits per heavy atom. The molecule has 7 heteroatoms. The van der Waals surface area contributed by atoms with E-state index in [-0.39, 0.29) is 5.69 Å². The zero-order valence-electron chi connectivity index (χ0n) is 9.59. The fourth-order valence-electron chi connectivity index (χ4n) is 1.60. The standard InChI is InChI=1S/C10H15N5OS/c1-2-3-14-4-5-15(10(14)16)7-8-6-12-9(13-11)17-8/h4-6H,2-3,7,11H2,1H3,(H,12,13). The van der Waals surface area contributed by atoms with Gasteiger partial charge in [-0.1, -0.05) is 18.3 Å². The molecule has 0 fully saturated rings. The fraction of sp³-hybridized carbons (Fsp3) is 0.400. The maximum absolute atomic E-state index is 11.9. The lowest BCUT2D eigenvalue weighted by molar-refractivity contribution is 0.625. The van der Waals surface area contributed by atoms with Crippen molar-refractivity contribution in [2.45, 2.75) is 26.4 Å². The van der Waals surface area contributed by atoms with Gasteiger partial charge < -0.3 is 0 Å². The van der Waals surface area contributed by atoms with Crippen LogP contribution in [0.15, 0.2) is 23.4 Å². The first-order valence-electron chi connectivity index (χ1n) is 5.41. The van der Waals surface area contributed by atoms with E-state index in [1.165, 1.54) is 11.3 Å². The summed E-state index contributed by atoms with van der Waals surface area (Å²) < 4.78 is 3.38. The molecule has 2 rings (SSSR count). The van der Waals surface area contributed by atoms with Crippen LogP contribution in [0.3, 0.4) is 0 Å². The van der Waals surface area contributed by atoms with E-state index in [1.807, 2.05) is 13.1 Å². The van der Waals surface area contributed by atoms with Crippen LogP contribution >= 0.6 is 11.3 Å². The van der Waals surface area contributed by atoms with E-state index in [0.29, 0.717) is 11.7 Å². The zero-order valence-corrected chi connectivity index (χ0v) is 10.4. The molecule has 0 aliphatic rings. The number of rotatable bonds is 5. The van der Waals surface area contributed by atoms with Crippen LogP contribution in [-0.2, 0) is 13.1 Å². The summed E-state index contributed by atoms with van der Waals surface area (Å²) in [7, 11) is 0. The average molecular weight is 253 g/mol. The summed E-state index contributed by atoms with van der Waals surface area (Å²) in [4.78, 5) is 17.0. The minimum Gasteiger partial charge on any atom is -0.300 e. The number of aromatic nitrogens is 3. The van der Waals surface area contributed by atoms with E-state index in [0.717, 1.165) is 17.8 Å². The van der Waals surface area contributed by atoms with Crippen LogP contribution < -0.4 is 17.0 Å². The van der Waals surface area contributed by atoms with Crippen LogP contribution in [0.5, 0.6) is 0 Å². The Kier molecular flexibility index (Phi) is 3.60. The number of anilines is 1. The van der Waals surface area contributed by atoms with Gasteiger partial charge >= 0.3 is 5.69 Å². The van der Waals surface area contributed by atoms with Crippen molar-refractivity contribution in [2.24, 2.45) is 5.84 Å². The first kappa shape index (κ1) is 11.9. The SMILES string of the molecule is CCCn1ccn(Cc2cnc(NN)s2)c1=O. The smallest absolute Gasteiger partial charge is 0.300 e. The van der Waals surface area contributed by atoms with Crippen molar-refractivity contribution in [3.63, 3.8) is 0 Å². The van der Waals surface area contributed by atoms with Crippen molar-refractivity contribution in [1.82, 2.24) is 14.1 Å². The highest BCUT2D eigenvalue weighted by Gasteiger charge is 2.05. The van der Waals surface area contributed by atoms with Crippen molar-refractivity contribution in [2.75, 3.05) is 5.43 Å². The summed E-state index contributed by atoms with van der Waals surface area (Å²) in [6.07, 6.45) is 6.29. The summed E-state index contributed by atoms with van der Waals surface area (Å²) in [5.41, 5.74) is 2.50. The Labute approximate surface area is 103 Å². The van der Waals surface area contributed by atoms with Gasteiger partial charge in [0.2, 0.25) is 0 Å². The molecule has 0 aliphatic carbocycles. The van der Waals surface area contributed by atoms with E-state index in [1.54, 1.807) is 21.5 Å². The second-order valence-corrected chi connectivity index (χ2v) is 4.79. The van der Waals surface area contributed by atoms with E-state index in [4.69, 9.17) is 5.84 Å². The number of nitrogens with zero attached hydrogens (tertiary/aromatic N) is 3. The van der Waals surface area contributed by atoms with Gasteiger partial charge in [-0.25, -0.2) is 15.6 Å². The zero-order chi connectivity index (χ0) is 12.3. The lowest BCUT2D eigenvalue weighted by Gasteiger charge is -1.98. The molecule has 0 bridgehead atoms. The van der Waals surface area contributed by atoms with Crippen molar-refractivity contribution in [3.8, 4) is 0 Å². The van der Waals surface area contributed by atoms with Gasteiger partial charge in [0.15, 0.2) is 5.13 Å². The van der Waals surface area contributed by atoms with Gasteiger partial charge in [-0.2, -0.15) is 0 Å². The number of hydrogen-bond acceptors (Lipinski definition) is 5. The maximum Gasteiger partial charge on any atom is 0.328 e. The second-order valence-electron chi connectivity index (χ2n) is 3.68. The molecule has 92 valence electrons. The number of imidazole rings is 1. The fourth-order valence-corrected chi connectivity index (χ4v) is 2.32. The van der Waals surface area contributed by atoms with Crippen molar-refractivity contribution in [1.29, 1.82) is 0 Å².